The van der Waals surface area contributed by atoms with E-state index in [1.165, 1.54) is 5.56 Å². The summed E-state index contributed by atoms with van der Waals surface area (Å²) in [6.45, 7) is 7.36. The van der Waals surface area contributed by atoms with Crippen molar-refractivity contribution in [2.45, 2.75) is 45.1 Å². The Bertz CT molecular complexity index is 725. The number of piperidine rings is 1. The molecule has 0 bridgehead atoms. The molecule has 3 heterocycles. The molecule has 0 aliphatic carbocycles. The van der Waals surface area contributed by atoms with Crippen molar-refractivity contribution in [3.63, 3.8) is 0 Å². The van der Waals surface area contributed by atoms with Gasteiger partial charge in [0.15, 0.2) is 0 Å². The highest BCUT2D eigenvalue weighted by molar-refractivity contribution is 7.99. The third-order valence-electron chi connectivity index (χ3n) is 6.14. The molecular formula is C20H32N4O3S. The van der Waals surface area contributed by atoms with E-state index in [1.54, 1.807) is 11.8 Å². The fraction of sp³-hybridized carbons (Fsp3) is 0.750. The fourth-order valence-corrected chi connectivity index (χ4v) is 4.74. The van der Waals surface area contributed by atoms with Gasteiger partial charge in [-0.3, -0.25) is 14.3 Å². The lowest BCUT2D eigenvalue weighted by molar-refractivity contribution is -0.162. The van der Waals surface area contributed by atoms with Crippen LogP contribution in [0.3, 0.4) is 0 Å². The molecule has 2 aliphatic heterocycles. The molecule has 3 rings (SSSR count). The van der Waals surface area contributed by atoms with Crippen LogP contribution in [0.1, 0.15) is 36.2 Å². The molecule has 0 saturated carbocycles. The number of hydrogen-bond acceptors (Lipinski definition) is 5. The molecule has 28 heavy (non-hydrogen) atoms. The average Bonchev–Trinajstić information content (AvgIpc) is 2.92. The fourth-order valence-electron chi connectivity index (χ4n) is 4.31. The third kappa shape index (κ3) is 4.54. The van der Waals surface area contributed by atoms with E-state index in [9.17, 15) is 9.59 Å². The number of aromatic nitrogens is 2. The van der Waals surface area contributed by atoms with Crippen LogP contribution in [0.25, 0.3) is 0 Å². The number of carbonyl (C=O) groups excluding carboxylic acids is 2. The summed E-state index contributed by atoms with van der Waals surface area (Å²) in [5, 5.41) is 4.44. The predicted molar refractivity (Wildman–Crippen MR) is 110 cm³/mol. The van der Waals surface area contributed by atoms with Gasteiger partial charge in [-0.1, -0.05) is 0 Å². The smallest absolute Gasteiger partial charge is 0.232 e. The van der Waals surface area contributed by atoms with Crippen LogP contribution in [0.15, 0.2) is 0 Å². The second-order valence-corrected chi connectivity index (χ2v) is 8.80. The van der Waals surface area contributed by atoms with E-state index in [0.717, 1.165) is 43.7 Å². The van der Waals surface area contributed by atoms with Crippen molar-refractivity contribution < 1.29 is 14.3 Å². The quantitative estimate of drug-likeness (QED) is 0.740. The zero-order chi connectivity index (χ0) is 20.3. The number of ether oxygens (including phenoxy) is 1. The van der Waals surface area contributed by atoms with Gasteiger partial charge in [0.1, 0.15) is 0 Å². The van der Waals surface area contributed by atoms with Gasteiger partial charge in [-0.05, 0) is 44.9 Å². The van der Waals surface area contributed by atoms with Gasteiger partial charge in [0.05, 0.1) is 23.7 Å². The Balaban J connectivity index is 1.54. The molecule has 1 aromatic heterocycles. The molecule has 0 N–H and O–H groups in total. The minimum Gasteiger partial charge on any atom is -0.371 e. The van der Waals surface area contributed by atoms with Crippen molar-refractivity contribution >= 4 is 23.6 Å². The minimum atomic E-state index is -0.288. The van der Waals surface area contributed by atoms with Gasteiger partial charge in [-0.2, -0.15) is 16.9 Å². The molecule has 1 spiro atoms. The largest absolute Gasteiger partial charge is 0.371 e. The number of aryl methyl sites for hydroxylation is 2. The maximum absolute atomic E-state index is 12.9. The summed E-state index contributed by atoms with van der Waals surface area (Å²) >= 11 is 1.56. The van der Waals surface area contributed by atoms with Gasteiger partial charge >= 0.3 is 0 Å². The van der Waals surface area contributed by atoms with Crippen LogP contribution in [0, 0.1) is 13.8 Å². The maximum atomic E-state index is 12.9. The summed E-state index contributed by atoms with van der Waals surface area (Å²) in [6, 6.07) is 0. The molecule has 1 aromatic rings. The molecule has 156 valence electrons. The van der Waals surface area contributed by atoms with E-state index in [0.29, 0.717) is 31.9 Å². The van der Waals surface area contributed by atoms with Gasteiger partial charge in [0.25, 0.3) is 0 Å². The van der Waals surface area contributed by atoms with Crippen LogP contribution in [0.2, 0.25) is 0 Å². The van der Waals surface area contributed by atoms with Gasteiger partial charge < -0.3 is 14.5 Å². The van der Waals surface area contributed by atoms with E-state index in [2.05, 4.69) is 12.0 Å². The summed E-state index contributed by atoms with van der Waals surface area (Å²) in [7, 11) is 1.94. The molecule has 2 amide bonds. The first-order valence-corrected chi connectivity index (χ1v) is 11.4. The predicted octanol–water partition coefficient (Wildman–Crippen LogP) is 1.55. The van der Waals surface area contributed by atoms with Crippen molar-refractivity contribution in [1.29, 1.82) is 0 Å². The average molecular weight is 409 g/mol. The van der Waals surface area contributed by atoms with Crippen molar-refractivity contribution in [3.05, 3.63) is 17.0 Å². The molecule has 0 aromatic carbocycles. The van der Waals surface area contributed by atoms with Crippen molar-refractivity contribution in [3.8, 4) is 0 Å². The van der Waals surface area contributed by atoms with E-state index in [-0.39, 0.29) is 17.4 Å². The number of morpholine rings is 1. The number of nitrogens with zero attached hydrogens (tertiary/aromatic N) is 4. The summed E-state index contributed by atoms with van der Waals surface area (Å²) in [5.74, 6) is 0.922. The van der Waals surface area contributed by atoms with Crippen LogP contribution in [0.5, 0.6) is 0 Å². The van der Waals surface area contributed by atoms with E-state index >= 15 is 0 Å². The van der Waals surface area contributed by atoms with Gasteiger partial charge in [0.2, 0.25) is 11.8 Å². The maximum Gasteiger partial charge on any atom is 0.232 e. The highest BCUT2D eigenvalue weighted by Gasteiger charge is 2.41. The van der Waals surface area contributed by atoms with Crippen LogP contribution < -0.4 is 0 Å². The molecule has 2 saturated heterocycles. The Morgan fingerprint density at radius 3 is 2.46 bits per heavy atom. The summed E-state index contributed by atoms with van der Waals surface area (Å²) in [4.78, 5) is 28.9. The lowest BCUT2D eigenvalue weighted by Crippen LogP contribution is -2.58. The molecule has 7 nitrogen and oxygen atoms in total. The van der Waals surface area contributed by atoms with Gasteiger partial charge in [-0.15, -0.1) is 0 Å². The number of hydrogen-bond donors (Lipinski definition) is 0. The molecule has 2 aliphatic rings. The van der Waals surface area contributed by atoms with Gasteiger partial charge in [-0.25, -0.2) is 0 Å². The van der Waals surface area contributed by atoms with Crippen molar-refractivity contribution in [2.24, 2.45) is 7.05 Å². The highest BCUT2D eigenvalue weighted by atomic mass is 32.2. The highest BCUT2D eigenvalue weighted by Crippen LogP contribution is 2.31. The number of likely N-dealkylation sites (tertiary alicyclic amines) is 1. The molecular weight excluding hydrogens is 376 g/mol. The Morgan fingerprint density at radius 1 is 1.14 bits per heavy atom. The summed E-state index contributed by atoms with van der Waals surface area (Å²) in [5.41, 5.74) is 3.03. The topological polar surface area (TPSA) is 67.7 Å². The van der Waals surface area contributed by atoms with E-state index < -0.39 is 0 Å². The number of rotatable bonds is 5. The second-order valence-electron chi connectivity index (χ2n) is 7.93. The van der Waals surface area contributed by atoms with E-state index in [1.807, 2.05) is 34.7 Å². The second kappa shape index (κ2) is 8.86. The SMILES string of the molecule is CSCC(=O)N1CCC2(CC1)CN(C(=O)CCc1c(C)nn(C)c1C)CCO2. The van der Waals surface area contributed by atoms with Gasteiger partial charge in [0, 0.05) is 45.3 Å². The van der Waals surface area contributed by atoms with Crippen LogP contribution in [0.4, 0.5) is 0 Å². The Labute approximate surface area is 171 Å². The van der Waals surface area contributed by atoms with Crippen molar-refractivity contribution in [1.82, 2.24) is 19.6 Å². The normalized spacial score (nSPS) is 19.3. The summed E-state index contributed by atoms with van der Waals surface area (Å²) in [6.07, 6.45) is 4.79. The Kier molecular flexibility index (Phi) is 6.70. The zero-order valence-corrected chi connectivity index (χ0v) is 18.3. The van der Waals surface area contributed by atoms with Crippen LogP contribution in [-0.2, 0) is 27.8 Å². The minimum absolute atomic E-state index is 0.186. The monoisotopic (exact) mass is 408 g/mol. The molecule has 2 fully saturated rings. The summed E-state index contributed by atoms with van der Waals surface area (Å²) < 4.78 is 8.01. The van der Waals surface area contributed by atoms with Crippen LogP contribution >= 0.6 is 11.8 Å². The third-order valence-corrected chi connectivity index (χ3v) is 6.68. The lowest BCUT2D eigenvalue weighted by atomic mass is 9.89. The lowest BCUT2D eigenvalue weighted by Gasteiger charge is -2.47. The first-order valence-electron chi connectivity index (χ1n) is 10.0. The standard InChI is InChI=1S/C20H32N4O3S/c1-15-17(16(2)22(3)21-15)5-6-18(25)24-11-12-27-20(14-24)7-9-23(10-8-20)19(26)13-28-4/h5-14H2,1-4H3. The van der Waals surface area contributed by atoms with E-state index in [4.69, 9.17) is 4.74 Å². The Morgan fingerprint density at radius 2 is 1.86 bits per heavy atom. The molecule has 8 heteroatoms. The number of carbonyl (C=O) groups is 2. The molecule has 0 atom stereocenters. The number of amides is 2. The van der Waals surface area contributed by atoms with Crippen LogP contribution in [-0.4, -0.2) is 81.8 Å². The van der Waals surface area contributed by atoms with Crippen molar-refractivity contribution in [2.75, 3.05) is 44.8 Å². The Hall–Kier alpha value is -1.54. The zero-order valence-electron chi connectivity index (χ0n) is 17.5. The first-order chi connectivity index (χ1) is 13.3. The number of thioether (sulfide) groups is 1. The first kappa shape index (κ1) is 21.2. The molecule has 0 radical (unpaired) electrons. The molecule has 0 unspecified atom stereocenters.